The third kappa shape index (κ3) is 4.84. The van der Waals surface area contributed by atoms with Crippen LogP contribution in [0.5, 0.6) is 5.75 Å². The van der Waals surface area contributed by atoms with Gasteiger partial charge in [0, 0.05) is 12.1 Å². The molecule has 0 saturated heterocycles. The number of carbonyl (C=O) groups excluding carboxylic acids is 2. The number of amides is 2. The fourth-order valence-electron chi connectivity index (χ4n) is 3.77. The van der Waals surface area contributed by atoms with E-state index in [1.165, 1.54) is 25.3 Å². The van der Waals surface area contributed by atoms with Crippen LogP contribution in [0, 0.1) is 6.92 Å². The molecule has 0 atom stereocenters. The zero-order valence-corrected chi connectivity index (χ0v) is 19.3. The lowest BCUT2D eigenvalue weighted by Gasteiger charge is -2.14. The van der Waals surface area contributed by atoms with Gasteiger partial charge < -0.3 is 15.8 Å². The number of nitrogens with zero attached hydrogens (tertiary/aromatic N) is 2. The SMILES string of the molecule is COc1ccc(-n2c(=O)c3ccc(C(=O)NCc4ccc(C)cc4)cc3n(CC(N)=O)c2=O)cc1. The molecule has 0 bridgehead atoms. The number of methoxy groups -OCH3 is 1. The zero-order valence-electron chi connectivity index (χ0n) is 19.3. The Balaban J connectivity index is 1.78. The van der Waals surface area contributed by atoms with Gasteiger partial charge in [-0.3, -0.25) is 19.0 Å². The molecule has 0 saturated carbocycles. The van der Waals surface area contributed by atoms with Crippen molar-refractivity contribution in [1.29, 1.82) is 0 Å². The van der Waals surface area contributed by atoms with Crippen molar-refractivity contribution in [1.82, 2.24) is 14.5 Å². The van der Waals surface area contributed by atoms with Gasteiger partial charge in [0.05, 0.1) is 23.7 Å². The molecule has 178 valence electrons. The molecule has 9 heteroatoms. The molecule has 35 heavy (non-hydrogen) atoms. The summed E-state index contributed by atoms with van der Waals surface area (Å²) in [6.07, 6.45) is 0. The van der Waals surface area contributed by atoms with Gasteiger partial charge in [0.25, 0.3) is 11.5 Å². The predicted octanol–water partition coefficient (Wildman–Crippen LogP) is 1.88. The Kier molecular flexibility index (Phi) is 6.50. The number of nitrogens with two attached hydrogens (primary N) is 1. The van der Waals surface area contributed by atoms with E-state index in [0.29, 0.717) is 18.0 Å². The molecule has 1 aromatic heterocycles. The van der Waals surface area contributed by atoms with Crippen LogP contribution in [0.2, 0.25) is 0 Å². The maximum Gasteiger partial charge on any atom is 0.336 e. The summed E-state index contributed by atoms with van der Waals surface area (Å²) in [5, 5.41) is 2.99. The van der Waals surface area contributed by atoms with Crippen LogP contribution in [-0.2, 0) is 17.9 Å². The summed E-state index contributed by atoms with van der Waals surface area (Å²) in [5.74, 6) is -0.589. The molecule has 0 aliphatic heterocycles. The summed E-state index contributed by atoms with van der Waals surface area (Å²) in [6.45, 7) is 1.83. The number of carbonyl (C=O) groups is 2. The van der Waals surface area contributed by atoms with E-state index >= 15 is 0 Å². The Morgan fingerprint density at radius 1 is 0.971 bits per heavy atom. The van der Waals surface area contributed by atoms with E-state index in [-0.39, 0.29) is 22.4 Å². The molecule has 1 heterocycles. The van der Waals surface area contributed by atoms with Gasteiger partial charge in [-0.15, -0.1) is 0 Å². The third-order valence-corrected chi connectivity index (χ3v) is 5.62. The highest BCUT2D eigenvalue weighted by Gasteiger charge is 2.18. The molecule has 4 rings (SSSR count). The van der Waals surface area contributed by atoms with Crippen LogP contribution in [0.25, 0.3) is 16.6 Å². The average molecular weight is 473 g/mol. The highest BCUT2D eigenvalue weighted by Crippen LogP contribution is 2.16. The van der Waals surface area contributed by atoms with E-state index in [2.05, 4.69) is 5.32 Å². The Labute approximate surface area is 200 Å². The lowest BCUT2D eigenvalue weighted by Crippen LogP contribution is -2.41. The molecular formula is C26H24N4O5. The molecular weight excluding hydrogens is 448 g/mol. The number of aryl methyl sites for hydroxylation is 1. The smallest absolute Gasteiger partial charge is 0.336 e. The quantitative estimate of drug-likeness (QED) is 0.425. The van der Waals surface area contributed by atoms with Gasteiger partial charge in [0.1, 0.15) is 12.3 Å². The third-order valence-electron chi connectivity index (χ3n) is 5.62. The van der Waals surface area contributed by atoms with Crippen LogP contribution < -0.4 is 27.0 Å². The fraction of sp³-hybridized carbons (Fsp3) is 0.154. The first-order chi connectivity index (χ1) is 16.8. The van der Waals surface area contributed by atoms with E-state index in [4.69, 9.17) is 10.5 Å². The van der Waals surface area contributed by atoms with Gasteiger partial charge in [-0.05, 0) is 55.0 Å². The zero-order chi connectivity index (χ0) is 25.1. The molecule has 0 unspecified atom stereocenters. The number of rotatable bonds is 7. The van der Waals surface area contributed by atoms with E-state index in [1.54, 1.807) is 24.3 Å². The largest absolute Gasteiger partial charge is 0.497 e. The molecule has 3 aromatic carbocycles. The van der Waals surface area contributed by atoms with E-state index in [9.17, 15) is 19.2 Å². The van der Waals surface area contributed by atoms with Crippen LogP contribution >= 0.6 is 0 Å². The number of hydrogen-bond acceptors (Lipinski definition) is 5. The summed E-state index contributed by atoms with van der Waals surface area (Å²) in [5.41, 5.74) is 6.79. The summed E-state index contributed by atoms with van der Waals surface area (Å²) in [4.78, 5) is 51.1. The van der Waals surface area contributed by atoms with Crippen LogP contribution in [0.15, 0.2) is 76.3 Å². The van der Waals surface area contributed by atoms with Gasteiger partial charge >= 0.3 is 5.69 Å². The summed E-state index contributed by atoms with van der Waals surface area (Å²) >= 11 is 0. The summed E-state index contributed by atoms with van der Waals surface area (Å²) < 4.78 is 7.19. The lowest BCUT2D eigenvalue weighted by molar-refractivity contribution is -0.118. The minimum absolute atomic E-state index is 0.145. The van der Waals surface area contributed by atoms with Crippen LogP contribution in [0.3, 0.4) is 0 Å². The second kappa shape index (κ2) is 9.68. The minimum Gasteiger partial charge on any atom is -0.497 e. The number of ether oxygens (including phenoxy) is 1. The number of fused-ring (bicyclic) bond motifs is 1. The Bertz CT molecular complexity index is 1530. The van der Waals surface area contributed by atoms with Crippen molar-refractivity contribution in [3.8, 4) is 11.4 Å². The van der Waals surface area contributed by atoms with Crippen LogP contribution in [-0.4, -0.2) is 28.1 Å². The van der Waals surface area contributed by atoms with E-state index in [0.717, 1.165) is 20.3 Å². The first kappa shape index (κ1) is 23.5. The number of primary amides is 1. The van der Waals surface area contributed by atoms with Crippen molar-refractivity contribution in [3.05, 3.63) is 104 Å². The monoisotopic (exact) mass is 472 g/mol. The Morgan fingerprint density at radius 3 is 2.29 bits per heavy atom. The highest BCUT2D eigenvalue weighted by molar-refractivity contribution is 5.98. The van der Waals surface area contributed by atoms with E-state index < -0.39 is 23.7 Å². The molecule has 9 nitrogen and oxygen atoms in total. The van der Waals surface area contributed by atoms with Crippen molar-refractivity contribution < 1.29 is 14.3 Å². The fourth-order valence-corrected chi connectivity index (χ4v) is 3.77. The Hall–Kier alpha value is -4.66. The molecule has 0 aliphatic carbocycles. The molecule has 4 aromatic rings. The topological polar surface area (TPSA) is 125 Å². The van der Waals surface area contributed by atoms with Crippen molar-refractivity contribution in [2.24, 2.45) is 5.73 Å². The second-order valence-corrected chi connectivity index (χ2v) is 8.07. The first-order valence-electron chi connectivity index (χ1n) is 10.8. The summed E-state index contributed by atoms with van der Waals surface area (Å²) in [7, 11) is 1.51. The maximum atomic E-state index is 13.3. The molecule has 0 radical (unpaired) electrons. The molecule has 0 aliphatic rings. The van der Waals surface area contributed by atoms with Crippen LogP contribution in [0.4, 0.5) is 0 Å². The van der Waals surface area contributed by atoms with Gasteiger partial charge in [0.2, 0.25) is 5.91 Å². The highest BCUT2D eigenvalue weighted by atomic mass is 16.5. The van der Waals surface area contributed by atoms with Gasteiger partial charge in [0.15, 0.2) is 0 Å². The average Bonchev–Trinajstić information content (AvgIpc) is 2.86. The van der Waals surface area contributed by atoms with Crippen LogP contribution in [0.1, 0.15) is 21.5 Å². The number of aromatic nitrogens is 2. The Morgan fingerprint density at radius 2 is 1.66 bits per heavy atom. The molecule has 3 N–H and O–H groups in total. The van der Waals surface area contributed by atoms with Gasteiger partial charge in [-0.1, -0.05) is 29.8 Å². The molecule has 0 fully saturated rings. The number of hydrogen-bond donors (Lipinski definition) is 2. The molecule has 2 amide bonds. The van der Waals surface area contributed by atoms with Crippen molar-refractivity contribution >= 4 is 22.7 Å². The van der Waals surface area contributed by atoms with Gasteiger partial charge in [-0.2, -0.15) is 0 Å². The van der Waals surface area contributed by atoms with Crippen molar-refractivity contribution in [2.75, 3.05) is 7.11 Å². The van der Waals surface area contributed by atoms with Gasteiger partial charge in [-0.25, -0.2) is 9.36 Å². The number of benzene rings is 3. The number of nitrogens with one attached hydrogen (secondary N) is 1. The summed E-state index contributed by atoms with van der Waals surface area (Å²) in [6, 6.07) is 18.5. The standard InChI is InChI=1S/C26H24N4O5/c1-16-3-5-17(6-4-16)14-28-24(32)18-7-12-21-22(13-18)29(15-23(27)31)26(34)30(25(21)33)19-8-10-20(35-2)11-9-19/h3-13H,14-15H2,1-2H3,(H2,27,31)(H,28,32). The van der Waals surface area contributed by atoms with Crippen molar-refractivity contribution in [2.45, 2.75) is 20.0 Å². The predicted molar refractivity (Wildman–Crippen MR) is 132 cm³/mol. The van der Waals surface area contributed by atoms with Crippen molar-refractivity contribution in [3.63, 3.8) is 0 Å². The minimum atomic E-state index is -0.762. The maximum absolute atomic E-state index is 13.3. The normalized spacial score (nSPS) is 10.8. The first-order valence-corrected chi connectivity index (χ1v) is 10.8. The molecule has 0 spiro atoms. The lowest BCUT2D eigenvalue weighted by atomic mass is 10.1. The van der Waals surface area contributed by atoms with E-state index in [1.807, 2.05) is 31.2 Å². The second-order valence-electron chi connectivity index (χ2n) is 8.07.